The van der Waals surface area contributed by atoms with Crippen LogP contribution in [-0.4, -0.2) is 168 Å². The lowest BCUT2D eigenvalue weighted by Gasteiger charge is -2.44. The van der Waals surface area contributed by atoms with Gasteiger partial charge in [-0.1, -0.05) is 106 Å². The molecule has 2 aromatic rings. The summed E-state index contributed by atoms with van der Waals surface area (Å²) in [5, 5.41) is 11.9. The van der Waals surface area contributed by atoms with E-state index >= 15 is 0 Å². The molecule has 1 saturated heterocycles. The van der Waals surface area contributed by atoms with E-state index in [9.17, 15) is 9.59 Å². The van der Waals surface area contributed by atoms with Gasteiger partial charge >= 0.3 is 0 Å². The molecular weight excluding hydrogens is 901 g/mol. The van der Waals surface area contributed by atoms with E-state index in [0.717, 1.165) is 56.6 Å². The maximum atomic E-state index is 14.0. The highest BCUT2D eigenvalue weighted by Crippen LogP contribution is 2.37. The number of primary amides is 2. The summed E-state index contributed by atoms with van der Waals surface area (Å²) in [6, 6.07) is 10.9. The Labute approximate surface area is 421 Å². The molecular formula is C52H96N6O10S. The van der Waals surface area contributed by atoms with Crippen molar-refractivity contribution in [3.05, 3.63) is 52.5 Å². The van der Waals surface area contributed by atoms with Crippen LogP contribution in [-0.2, 0) is 49.3 Å². The Kier molecular flexibility index (Phi) is 41.3. The molecule has 400 valence electrons. The van der Waals surface area contributed by atoms with Crippen molar-refractivity contribution in [3.8, 4) is 0 Å². The van der Waals surface area contributed by atoms with Gasteiger partial charge in [0.1, 0.15) is 0 Å². The predicted octanol–water partition coefficient (Wildman–Crippen LogP) is 6.53. The molecule has 3 rings (SSSR count). The zero-order chi connectivity index (χ0) is 52.7. The average molecular weight is 997 g/mol. The monoisotopic (exact) mass is 997 g/mol. The van der Waals surface area contributed by atoms with Crippen molar-refractivity contribution in [2.75, 3.05) is 87.7 Å². The molecule has 7 unspecified atom stereocenters. The van der Waals surface area contributed by atoms with E-state index in [1.165, 1.54) is 5.56 Å². The van der Waals surface area contributed by atoms with Gasteiger partial charge in [-0.05, 0) is 62.0 Å². The Hall–Kier alpha value is -3.55. The second-order valence-electron chi connectivity index (χ2n) is 17.6. The van der Waals surface area contributed by atoms with Gasteiger partial charge in [0.05, 0.1) is 81.5 Å². The fourth-order valence-electron chi connectivity index (χ4n) is 9.19. The van der Waals surface area contributed by atoms with E-state index in [2.05, 4.69) is 108 Å². The van der Waals surface area contributed by atoms with Gasteiger partial charge in [0.15, 0.2) is 0 Å². The molecule has 9 atom stereocenters. The summed E-state index contributed by atoms with van der Waals surface area (Å²) in [5.41, 5.74) is 9.64. The summed E-state index contributed by atoms with van der Waals surface area (Å²) in [5.74, 6) is 1.50. The molecule has 17 heteroatoms. The van der Waals surface area contributed by atoms with Gasteiger partial charge in [-0.15, -0.1) is 11.3 Å². The van der Waals surface area contributed by atoms with Crippen LogP contribution in [0, 0.1) is 29.6 Å². The number of amides is 4. The third kappa shape index (κ3) is 25.4. The standard InChI is InChI=1S/C28H58N2O6.C20H26N2O2S.C2H6.2CH3NO/c1-11-23(7)27(24(12-2)33-10)30(9)28(32)25(21(3)4)26(22(5)6)29(8)13-15-34-17-19-36-20-18-35-16-14-31;1-15(19(24-2)18-9-6-11-22(18)14-23)17(20-21-10-12-25-20)13-16-7-4-3-5-8-16;1-2;2*2-1-3/h21-27,31H,11-20H2,1-10H3;3-5,7-8,10,12,14-15,17-19H,6,9,11,13H2,1-2H3;1-2H3;2*1H,(H2,2,3)/t23?,24?,25-,26?,27+;;;;/m1..../s1. The zero-order valence-corrected chi connectivity index (χ0v) is 45.8. The highest BCUT2D eigenvalue weighted by Gasteiger charge is 2.41. The number of ether oxygens (including phenoxy) is 5. The molecule has 1 aliphatic rings. The number of hydrogen-bond donors (Lipinski definition) is 3. The maximum absolute atomic E-state index is 14.0. The van der Waals surface area contributed by atoms with Gasteiger partial charge in [-0.2, -0.15) is 0 Å². The van der Waals surface area contributed by atoms with Crippen molar-refractivity contribution >= 4 is 36.5 Å². The van der Waals surface area contributed by atoms with Crippen LogP contribution in [0.2, 0.25) is 0 Å². The topological polar surface area (TPSA) is 209 Å². The van der Waals surface area contributed by atoms with Crippen LogP contribution in [0.25, 0.3) is 0 Å². The molecule has 1 fully saturated rings. The smallest absolute Gasteiger partial charge is 0.227 e. The van der Waals surface area contributed by atoms with Crippen molar-refractivity contribution in [1.82, 2.24) is 19.7 Å². The maximum Gasteiger partial charge on any atom is 0.227 e. The minimum absolute atomic E-state index is 0.0188. The van der Waals surface area contributed by atoms with E-state index in [-0.39, 0.29) is 79.3 Å². The second kappa shape index (κ2) is 42.2. The van der Waals surface area contributed by atoms with Crippen molar-refractivity contribution in [2.45, 2.75) is 138 Å². The number of nitrogens with two attached hydrogens (primary N) is 2. The van der Waals surface area contributed by atoms with Gasteiger partial charge in [0.2, 0.25) is 25.1 Å². The molecule has 0 spiro atoms. The molecule has 4 amide bonds. The largest absolute Gasteiger partial charge is 0.394 e. The minimum Gasteiger partial charge on any atom is -0.394 e. The fourth-order valence-corrected chi connectivity index (χ4v) is 10.0. The molecule has 5 N–H and O–H groups in total. The third-order valence-electron chi connectivity index (χ3n) is 12.6. The molecule has 1 aliphatic heterocycles. The summed E-state index contributed by atoms with van der Waals surface area (Å²) < 4.78 is 28.2. The Morgan fingerprint density at radius 2 is 1.42 bits per heavy atom. The van der Waals surface area contributed by atoms with Crippen LogP contribution in [0.4, 0.5) is 0 Å². The minimum atomic E-state index is -0.122. The van der Waals surface area contributed by atoms with E-state index < -0.39 is 0 Å². The number of carbonyl (C=O) groups is 4. The van der Waals surface area contributed by atoms with E-state index in [1.54, 1.807) is 25.6 Å². The average Bonchev–Trinajstić information content (AvgIpc) is 4.07. The highest BCUT2D eigenvalue weighted by molar-refractivity contribution is 7.09. The summed E-state index contributed by atoms with van der Waals surface area (Å²) in [6.45, 7) is 26.0. The van der Waals surface area contributed by atoms with Crippen molar-refractivity contribution < 1.29 is 48.0 Å². The van der Waals surface area contributed by atoms with E-state index in [1.807, 2.05) is 48.3 Å². The van der Waals surface area contributed by atoms with Gasteiger partial charge in [-0.25, -0.2) is 4.98 Å². The molecule has 1 aromatic heterocycles. The number of benzene rings is 1. The molecule has 16 nitrogen and oxygen atoms in total. The lowest BCUT2D eigenvalue weighted by atomic mass is 9.79. The lowest BCUT2D eigenvalue weighted by molar-refractivity contribution is -0.146. The van der Waals surface area contributed by atoms with E-state index in [0.29, 0.717) is 51.5 Å². The Bertz CT molecular complexity index is 1500. The van der Waals surface area contributed by atoms with Crippen LogP contribution in [0.15, 0.2) is 41.9 Å². The molecule has 0 saturated carbocycles. The summed E-state index contributed by atoms with van der Waals surface area (Å²) in [4.78, 5) is 53.4. The second-order valence-corrected chi connectivity index (χ2v) is 18.5. The first-order chi connectivity index (χ1) is 33.1. The van der Waals surface area contributed by atoms with Crippen molar-refractivity contribution in [1.29, 1.82) is 0 Å². The molecule has 1 aromatic carbocycles. The van der Waals surface area contributed by atoms with Gasteiger partial charge in [-0.3, -0.25) is 19.2 Å². The predicted molar refractivity (Wildman–Crippen MR) is 279 cm³/mol. The Morgan fingerprint density at radius 3 is 1.87 bits per heavy atom. The van der Waals surface area contributed by atoms with Crippen LogP contribution < -0.4 is 11.5 Å². The summed E-state index contributed by atoms with van der Waals surface area (Å²) >= 11 is 1.71. The van der Waals surface area contributed by atoms with Gasteiger partial charge in [0.25, 0.3) is 0 Å². The number of nitrogens with zero attached hydrogens (tertiary/aromatic N) is 4. The quantitative estimate of drug-likeness (QED) is 0.0564. The van der Waals surface area contributed by atoms with Crippen molar-refractivity contribution in [2.24, 2.45) is 41.1 Å². The van der Waals surface area contributed by atoms with Crippen molar-refractivity contribution in [3.63, 3.8) is 0 Å². The number of rotatable bonds is 30. The zero-order valence-electron chi connectivity index (χ0n) is 45.0. The SMILES string of the molecule is CC.CCC(C)[C@@H](C(CC)OC)N(C)C(=O)[C@H](C(C)C)C(C(C)C)N(C)CCOCCOCCOCCO.COC(C(C)C(Cc1ccccc1)c1nccs1)C1CCCN1C=O.NC=O.NC=O. The number of likely N-dealkylation sites (tertiary alicyclic amines) is 1. The van der Waals surface area contributed by atoms with Gasteiger partial charge in [0, 0.05) is 57.9 Å². The van der Waals surface area contributed by atoms with Gasteiger partial charge < -0.3 is 55.0 Å². The lowest BCUT2D eigenvalue weighted by Crippen LogP contribution is -2.56. The third-order valence-corrected chi connectivity index (χ3v) is 13.5. The number of aliphatic hydroxyl groups excluding tert-OH is 1. The Balaban J connectivity index is 0. The number of likely N-dealkylation sites (N-methyl/N-ethyl adjacent to an activating group) is 2. The number of aromatic nitrogens is 1. The first-order valence-electron chi connectivity index (χ1n) is 25.0. The number of carbonyl (C=O) groups excluding carboxylic acids is 4. The molecule has 0 bridgehead atoms. The number of thiazole rings is 1. The first-order valence-corrected chi connectivity index (χ1v) is 25.9. The molecule has 0 aliphatic carbocycles. The summed E-state index contributed by atoms with van der Waals surface area (Å²) in [7, 11) is 7.58. The first kappa shape index (κ1) is 67.5. The van der Waals surface area contributed by atoms with Crippen LogP contribution in [0.1, 0.15) is 111 Å². The molecule has 0 radical (unpaired) electrons. The Morgan fingerprint density at radius 1 is 0.855 bits per heavy atom. The molecule has 2 heterocycles. The number of methoxy groups -OCH3 is 2. The summed E-state index contributed by atoms with van der Waals surface area (Å²) in [6.07, 6.45) is 8.26. The van der Waals surface area contributed by atoms with Crippen LogP contribution in [0.3, 0.4) is 0 Å². The molecule has 69 heavy (non-hydrogen) atoms. The highest BCUT2D eigenvalue weighted by atomic mass is 32.1. The van der Waals surface area contributed by atoms with E-state index in [4.69, 9.17) is 38.4 Å². The van der Waals surface area contributed by atoms with Crippen LogP contribution in [0.5, 0.6) is 0 Å². The number of hydrogen-bond acceptors (Lipinski definition) is 13. The number of aliphatic hydroxyl groups is 1. The normalized spacial score (nSPS) is 16.6. The fraction of sp³-hybridized carbons (Fsp3) is 0.750. The van der Waals surface area contributed by atoms with Crippen LogP contribution >= 0.6 is 11.3 Å².